The van der Waals surface area contributed by atoms with Crippen LogP contribution in [0.3, 0.4) is 0 Å². The van der Waals surface area contributed by atoms with Crippen LogP contribution in [0.15, 0.2) is 0 Å². The first kappa shape index (κ1) is 14.4. The van der Waals surface area contributed by atoms with Crippen LogP contribution >= 0.6 is 0 Å². The van der Waals surface area contributed by atoms with Crippen LogP contribution in [-0.4, -0.2) is 23.7 Å². The minimum atomic E-state index is -0.701. The van der Waals surface area contributed by atoms with Gasteiger partial charge in [-0.15, -0.1) is 0 Å². The van der Waals surface area contributed by atoms with Crippen LogP contribution < -0.4 is 11.5 Å². The van der Waals surface area contributed by atoms with Crippen LogP contribution in [0, 0.1) is 0 Å². The van der Waals surface area contributed by atoms with Gasteiger partial charge in [-0.3, -0.25) is 4.79 Å². The topological polar surface area (TPSA) is 89.3 Å². The number of nitrogens with two attached hydrogens (primary N) is 2. The molecule has 1 fully saturated rings. The van der Waals surface area contributed by atoms with Crippen LogP contribution in [0.25, 0.3) is 0 Å². The summed E-state index contributed by atoms with van der Waals surface area (Å²) in [6.07, 6.45) is 8.04. The van der Waals surface area contributed by atoms with Crippen molar-refractivity contribution in [3.63, 3.8) is 0 Å². The van der Waals surface area contributed by atoms with Crippen LogP contribution in [-0.2, 0) is 4.79 Å². The number of carbonyl (C=O) groups is 1. The lowest BCUT2D eigenvalue weighted by Crippen LogP contribution is -2.27. The molecule has 1 saturated carbocycles. The van der Waals surface area contributed by atoms with Crippen molar-refractivity contribution in [3.8, 4) is 0 Å². The van der Waals surface area contributed by atoms with Crippen LogP contribution in [0.1, 0.15) is 51.4 Å². The first-order chi connectivity index (χ1) is 7.16. The Bertz CT molecular complexity index is 159. The summed E-state index contributed by atoms with van der Waals surface area (Å²) in [5.41, 5.74) is 10.6. The number of aliphatic carboxylic acids is 1. The van der Waals surface area contributed by atoms with E-state index >= 15 is 0 Å². The third-order valence-corrected chi connectivity index (χ3v) is 2.49. The van der Waals surface area contributed by atoms with Gasteiger partial charge in [-0.1, -0.05) is 19.3 Å². The molecule has 90 valence electrons. The number of hydrogen-bond donors (Lipinski definition) is 3. The van der Waals surface area contributed by atoms with E-state index in [0.717, 1.165) is 25.7 Å². The monoisotopic (exact) mass is 216 g/mol. The number of hydrogen-bond acceptors (Lipinski definition) is 3. The first-order valence-electron chi connectivity index (χ1n) is 5.84. The molecule has 0 atom stereocenters. The zero-order valence-electron chi connectivity index (χ0n) is 9.45. The summed E-state index contributed by atoms with van der Waals surface area (Å²) in [5.74, 6) is -0.701. The van der Waals surface area contributed by atoms with E-state index in [-0.39, 0.29) is 0 Å². The molecular formula is C11H24N2O2. The molecule has 0 unspecified atom stereocenters. The number of carboxylic acids is 1. The Kier molecular flexibility index (Phi) is 9.52. The SMILES string of the molecule is NC1CCC1.NCCCCCCC(=O)O. The Morgan fingerprint density at radius 3 is 2.07 bits per heavy atom. The third kappa shape index (κ3) is 11.3. The highest BCUT2D eigenvalue weighted by atomic mass is 16.4. The van der Waals surface area contributed by atoms with E-state index in [4.69, 9.17) is 16.6 Å². The van der Waals surface area contributed by atoms with Crippen molar-refractivity contribution >= 4 is 5.97 Å². The van der Waals surface area contributed by atoms with E-state index in [1.807, 2.05) is 0 Å². The fourth-order valence-electron chi connectivity index (χ4n) is 1.21. The summed E-state index contributed by atoms with van der Waals surface area (Å²) in [7, 11) is 0. The lowest BCUT2D eigenvalue weighted by molar-refractivity contribution is -0.137. The average molecular weight is 216 g/mol. The van der Waals surface area contributed by atoms with Crippen molar-refractivity contribution in [3.05, 3.63) is 0 Å². The van der Waals surface area contributed by atoms with Gasteiger partial charge in [-0.05, 0) is 32.2 Å². The van der Waals surface area contributed by atoms with Crippen LogP contribution in [0.4, 0.5) is 0 Å². The largest absolute Gasteiger partial charge is 0.481 e. The fourth-order valence-corrected chi connectivity index (χ4v) is 1.21. The zero-order chi connectivity index (χ0) is 11.5. The third-order valence-electron chi connectivity index (χ3n) is 2.49. The maximum atomic E-state index is 10.0. The number of unbranched alkanes of at least 4 members (excludes halogenated alkanes) is 3. The molecule has 15 heavy (non-hydrogen) atoms. The van der Waals surface area contributed by atoms with Gasteiger partial charge in [0.05, 0.1) is 0 Å². The van der Waals surface area contributed by atoms with Crippen LogP contribution in [0.5, 0.6) is 0 Å². The predicted octanol–water partition coefficient (Wildman–Crippen LogP) is 1.48. The lowest BCUT2D eigenvalue weighted by atomic mass is 9.95. The zero-order valence-corrected chi connectivity index (χ0v) is 9.45. The summed E-state index contributed by atoms with van der Waals surface area (Å²) in [4.78, 5) is 10.0. The van der Waals surface area contributed by atoms with Gasteiger partial charge in [-0.2, -0.15) is 0 Å². The molecule has 0 amide bonds. The quantitative estimate of drug-likeness (QED) is 0.587. The second kappa shape index (κ2) is 9.93. The molecule has 0 aromatic carbocycles. The van der Waals surface area contributed by atoms with Gasteiger partial charge in [0.15, 0.2) is 0 Å². The highest BCUT2D eigenvalue weighted by Gasteiger charge is 2.09. The molecule has 0 radical (unpaired) electrons. The molecular weight excluding hydrogens is 192 g/mol. The molecule has 1 aliphatic carbocycles. The van der Waals surface area contributed by atoms with Gasteiger partial charge in [-0.25, -0.2) is 0 Å². The van der Waals surface area contributed by atoms with Crippen LogP contribution in [0.2, 0.25) is 0 Å². The molecule has 0 aromatic rings. The fraction of sp³-hybridized carbons (Fsp3) is 0.909. The molecule has 5 N–H and O–H groups in total. The molecule has 0 aliphatic heterocycles. The smallest absolute Gasteiger partial charge is 0.303 e. The van der Waals surface area contributed by atoms with E-state index in [0.29, 0.717) is 19.0 Å². The van der Waals surface area contributed by atoms with Crippen molar-refractivity contribution in [1.29, 1.82) is 0 Å². The molecule has 1 aliphatic rings. The average Bonchev–Trinajstić information content (AvgIpc) is 2.15. The second-order valence-electron chi connectivity index (χ2n) is 4.04. The first-order valence-corrected chi connectivity index (χ1v) is 5.84. The van der Waals surface area contributed by atoms with Gasteiger partial charge in [0.2, 0.25) is 0 Å². The van der Waals surface area contributed by atoms with Crippen molar-refractivity contribution in [2.75, 3.05) is 6.54 Å². The summed E-state index contributed by atoms with van der Waals surface area (Å²) in [5, 5.41) is 8.25. The summed E-state index contributed by atoms with van der Waals surface area (Å²) >= 11 is 0. The van der Waals surface area contributed by atoms with Crippen molar-refractivity contribution in [2.24, 2.45) is 11.5 Å². The lowest BCUT2D eigenvalue weighted by Gasteiger charge is -2.18. The minimum absolute atomic E-state index is 0.296. The molecule has 0 heterocycles. The summed E-state index contributed by atoms with van der Waals surface area (Å²) in [6, 6.07) is 0.565. The van der Waals surface area contributed by atoms with E-state index in [9.17, 15) is 4.79 Å². The van der Waals surface area contributed by atoms with E-state index < -0.39 is 5.97 Å². The van der Waals surface area contributed by atoms with Gasteiger partial charge < -0.3 is 16.6 Å². The maximum absolute atomic E-state index is 10.0. The van der Waals surface area contributed by atoms with E-state index in [2.05, 4.69) is 0 Å². The predicted molar refractivity (Wildman–Crippen MR) is 61.6 cm³/mol. The number of carboxylic acid groups (broad SMARTS) is 1. The van der Waals surface area contributed by atoms with Gasteiger partial charge in [0.1, 0.15) is 0 Å². The Morgan fingerprint density at radius 1 is 1.20 bits per heavy atom. The van der Waals surface area contributed by atoms with Gasteiger partial charge in [0, 0.05) is 12.5 Å². The molecule has 1 rings (SSSR count). The summed E-state index contributed by atoms with van der Waals surface area (Å²) in [6.45, 7) is 0.715. The Morgan fingerprint density at radius 2 is 1.73 bits per heavy atom. The van der Waals surface area contributed by atoms with E-state index in [1.54, 1.807) is 0 Å². The van der Waals surface area contributed by atoms with Crippen molar-refractivity contribution in [2.45, 2.75) is 57.4 Å². The normalized spacial score (nSPS) is 15.1. The minimum Gasteiger partial charge on any atom is -0.481 e. The maximum Gasteiger partial charge on any atom is 0.303 e. The van der Waals surface area contributed by atoms with E-state index in [1.165, 1.54) is 19.3 Å². The molecule has 4 nitrogen and oxygen atoms in total. The number of rotatable bonds is 6. The van der Waals surface area contributed by atoms with Crippen molar-refractivity contribution in [1.82, 2.24) is 0 Å². The Labute approximate surface area is 92.0 Å². The molecule has 0 spiro atoms. The molecule has 0 aromatic heterocycles. The molecule has 0 saturated heterocycles. The second-order valence-corrected chi connectivity index (χ2v) is 4.04. The Hall–Kier alpha value is -0.610. The highest BCUT2D eigenvalue weighted by Crippen LogP contribution is 2.14. The summed E-state index contributed by atoms with van der Waals surface area (Å²) < 4.78 is 0. The standard InChI is InChI=1S/C7H15NO2.C4H9N/c8-6-4-2-1-3-5-7(9)10;5-4-2-1-3-4/h1-6,8H2,(H,9,10);4H,1-3,5H2. The van der Waals surface area contributed by atoms with Gasteiger partial charge >= 0.3 is 5.97 Å². The van der Waals surface area contributed by atoms with Gasteiger partial charge in [0.25, 0.3) is 0 Å². The molecule has 0 bridgehead atoms. The molecule has 4 heteroatoms. The highest BCUT2D eigenvalue weighted by molar-refractivity contribution is 5.66. The van der Waals surface area contributed by atoms with Crippen molar-refractivity contribution < 1.29 is 9.90 Å². The Balaban J connectivity index is 0.000000322.